The number of nitrogens with one attached hydrogen (secondary N) is 1. The monoisotopic (exact) mass is 315 g/mol. The highest BCUT2D eigenvalue weighted by Crippen LogP contribution is 2.25. The van der Waals surface area contributed by atoms with Gasteiger partial charge in [-0.05, 0) is 42.7 Å². The highest BCUT2D eigenvalue weighted by Gasteiger charge is 2.06. The molecule has 2 aromatic carbocycles. The Hall–Kier alpha value is -2.69. The molecule has 0 saturated heterocycles. The summed E-state index contributed by atoms with van der Waals surface area (Å²) in [6, 6.07) is 14.3. The second kappa shape index (κ2) is 8.68. The van der Waals surface area contributed by atoms with Gasteiger partial charge < -0.3 is 19.9 Å². The molecule has 0 heterocycles. The summed E-state index contributed by atoms with van der Waals surface area (Å²) in [4.78, 5) is 11.8. The van der Waals surface area contributed by atoms with Crippen molar-refractivity contribution >= 4 is 5.91 Å². The molecule has 0 aliphatic rings. The molecule has 2 N–H and O–H groups in total. The van der Waals surface area contributed by atoms with Crippen LogP contribution >= 0.6 is 0 Å². The largest absolute Gasteiger partial charge is 0.508 e. The molecule has 0 spiro atoms. The molecule has 0 saturated carbocycles. The maximum atomic E-state index is 11.8. The van der Waals surface area contributed by atoms with Gasteiger partial charge in [-0.15, -0.1) is 0 Å². The van der Waals surface area contributed by atoms with E-state index in [9.17, 15) is 9.90 Å². The number of aryl methyl sites for hydroxylation is 1. The van der Waals surface area contributed by atoms with Crippen molar-refractivity contribution in [3.8, 4) is 17.2 Å². The van der Waals surface area contributed by atoms with Crippen LogP contribution in [0, 0.1) is 0 Å². The lowest BCUT2D eigenvalue weighted by molar-refractivity contribution is -0.123. The summed E-state index contributed by atoms with van der Waals surface area (Å²) in [5, 5.41) is 12.0. The molecule has 23 heavy (non-hydrogen) atoms. The van der Waals surface area contributed by atoms with Gasteiger partial charge in [0.2, 0.25) is 0 Å². The number of phenols is 1. The third kappa shape index (κ3) is 5.54. The summed E-state index contributed by atoms with van der Waals surface area (Å²) in [5.74, 6) is 1.25. The van der Waals surface area contributed by atoms with E-state index in [-0.39, 0.29) is 18.3 Å². The minimum Gasteiger partial charge on any atom is -0.508 e. The smallest absolute Gasteiger partial charge is 0.257 e. The third-order valence-corrected chi connectivity index (χ3v) is 3.33. The first-order chi connectivity index (χ1) is 11.2. The summed E-state index contributed by atoms with van der Waals surface area (Å²) in [7, 11) is 1.56. The summed E-state index contributed by atoms with van der Waals surface area (Å²) in [6.07, 6.45) is 1.67. The van der Waals surface area contributed by atoms with Gasteiger partial charge >= 0.3 is 0 Å². The second-order valence-electron chi connectivity index (χ2n) is 5.06. The number of amides is 1. The molecule has 0 aromatic heterocycles. The van der Waals surface area contributed by atoms with Crippen molar-refractivity contribution in [2.75, 3.05) is 20.3 Å². The molecule has 1 amide bonds. The number of hydrogen-bond acceptors (Lipinski definition) is 4. The number of methoxy groups -OCH3 is 1. The zero-order valence-electron chi connectivity index (χ0n) is 13.1. The molecule has 0 atom stereocenters. The lowest BCUT2D eigenvalue weighted by Crippen LogP contribution is -2.30. The first-order valence-corrected chi connectivity index (χ1v) is 7.49. The third-order valence-electron chi connectivity index (χ3n) is 3.33. The van der Waals surface area contributed by atoms with Crippen molar-refractivity contribution in [3.63, 3.8) is 0 Å². The van der Waals surface area contributed by atoms with E-state index >= 15 is 0 Å². The van der Waals surface area contributed by atoms with Crippen molar-refractivity contribution in [2.45, 2.75) is 12.8 Å². The van der Waals surface area contributed by atoms with Crippen LogP contribution in [-0.4, -0.2) is 31.3 Å². The normalized spacial score (nSPS) is 10.1. The van der Waals surface area contributed by atoms with Crippen LogP contribution in [0.25, 0.3) is 0 Å². The zero-order valence-corrected chi connectivity index (χ0v) is 13.1. The number of benzene rings is 2. The van der Waals surface area contributed by atoms with E-state index in [1.54, 1.807) is 31.4 Å². The van der Waals surface area contributed by atoms with Gasteiger partial charge in [-0.3, -0.25) is 4.79 Å². The highest BCUT2D eigenvalue weighted by molar-refractivity contribution is 5.77. The van der Waals surface area contributed by atoms with Crippen molar-refractivity contribution in [1.82, 2.24) is 5.32 Å². The minimum atomic E-state index is -0.165. The molecule has 122 valence electrons. The molecule has 0 aliphatic heterocycles. The molecule has 0 bridgehead atoms. The van der Waals surface area contributed by atoms with E-state index in [2.05, 4.69) is 5.32 Å². The van der Waals surface area contributed by atoms with Crippen molar-refractivity contribution in [1.29, 1.82) is 0 Å². The fourth-order valence-electron chi connectivity index (χ4n) is 2.12. The number of phenolic OH excluding ortho intramolecular Hbond substituents is 1. The van der Waals surface area contributed by atoms with Crippen molar-refractivity contribution < 1.29 is 19.4 Å². The Morgan fingerprint density at radius 2 is 1.78 bits per heavy atom. The van der Waals surface area contributed by atoms with Crippen LogP contribution in [0.5, 0.6) is 17.2 Å². The molecule has 5 nitrogen and oxygen atoms in total. The zero-order chi connectivity index (χ0) is 16.5. The van der Waals surface area contributed by atoms with E-state index in [1.165, 1.54) is 0 Å². The Kier molecular flexibility index (Phi) is 6.29. The Morgan fingerprint density at radius 1 is 1.09 bits per heavy atom. The summed E-state index contributed by atoms with van der Waals surface area (Å²) < 4.78 is 10.6. The molecular weight excluding hydrogens is 294 g/mol. The van der Waals surface area contributed by atoms with E-state index in [0.29, 0.717) is 18.0 Å². The summed E-state index contributed by atoms with van der Waals surface area (Å²) in [6.45, 7) is 0.536. The van der Waals surface area contributed by atoms with E-state index in [0.717, 1.165) is 18.4 Å². The van der Waals surface area contributed by atoms with Gasteiger partial charge in [-0.2, -0.15) is 0 Å². The van der Waals surface area contributed by atoms with E-state index < -0.39 is 0 Å². The van der Waals surface area contributed by atoms with Gasteiger partial charge in [0.15, 0.2) is 18.1 Å². The van der Waals surface area contributed by atoms with E-state index in [4.69, 9.17) is 9.47 Å². The maximum Gasteiger partial charge on any atom is 0.257 e. The minimum absolute atomic E-state index is 0.0421. The molecule has 0 fully saturated rings. The molecule has 2 rings (SSSR count). The van der Waals surface area contributed by atoms with Crippen LogP contribution in [0.1, 0.15) is 12.0 Å². The first kappa shape index (κ1) is 16.7. The van der Waals surface area contributed by atoms with E-state index in [1.807, 2.05) is 24.3 Å². The number of aromatic hydroxyl groups is 1. The molecule has 5 heteroatoms. The average Bonchev–Trinajstić information content (AvgIpc) is 2.58. The quantitative estimate of drug-likeness (QED) is 0.735. The molecule has 0 unspecified atom stereocenters. The second-order valence-corrected chi connectivity index (χ2v) is 5.06. The fraction of sp³-hybridized carbons (Fsp3) is 0.278. The van der Waals surface area contributed by atoms with Crippen LogP contribution in [0.3, 0.4) is 0 Å². The number of carbonyl (C=O) groups excluding carboxylic acids is 1. The number of para-hydroxylation sites is 2. The van der Waals surface area contributed by atoms with Gasteiger partial charge in [0.1, 0.15) is 5.75 Å². The average molecular weight is 315 g/mol. The fourth-order valence-corrected chi connectivity index (χ4v) is 2.12. The maximum absolute atomic E-state index is 11.8. The number of ether oxygens (including phenoxy) is 2. The van der Waals surface area contributed by atoms with Gasteiger partial charge in [0.05, 0.1) is 7.11 Å². The van der Waals surface area contributed by atoms with Crippen LogP contribution in [-0.2, 0) is 11.2 Å². The van der Waals surface area contributed by atoms with Crippen LogP contribution in [0.2, 0.25) is 0 Å². The van der Waals surface area contributed by atoms with Gasteiger partial charge in [-0.1, -0.05) is 24.3 Å². The van der Waals surface area contributed by atoms with Gasteiger partial charge in [-0.25, -0.2) is 0 Å². The predicted molar refractivity (Wildman–Crippen MR) is 87.9 cm³/mol. The number of hydrogen-bond donors (Lipinski definition) is 2. The van der Waals surface area contributed by atoms with Gasteiger partial charge in [0.25, 0.3) is 5.91 Å². The molecule has 0 radical (unpaired) electrons. The SMILES string of the molecule is COc1ccccc1OCC(=O)NCCCc1ccc(O)cc1. The summed E-state index contributed by atoms with van der Waals surface area (Å²) in [5.41, 5.74) is 1.13. The Morgan fingerprint density at radius 3 is 2.48 bits per heavy atom. The van der Waals surface area contributed by atoms with Gasteiger partial charge in [0, 0.05) is 6.54 Å². The molecular formula is C18H21NO4. The summed E-state index contributed by atoms with van der Waals surface area (Å²) >= 11 is 0. The highest BCUT2D eigenvalue weighted by atomic mass is 16.5. The predicted octanol–water partition coefficient (Wildman–Crippen LogP) is 2.53. The van der Waals surface area contributed by atoms with Crippen LogP contribution < -0.4 is 14.8 Å². The lowest BCUT2D eigenvalue weighted by atomic mass is 10.1. The lowest BCUT2D eigenvalue weighted by Gasteiger charge is -2.10. The molecule has 0 aliphatic carbocycles. The van der Waals surface area contributed by atoms with Crippen LogP contribution in [0.15, 0.2) is 48.5 Å². The van der Waals surface area contributed by atoms with Crippen molar-refractivity contribution in [2.24, 2.45) is 0 Å². The molecule has 2 aromatic rings. The van der Waals surface area contributed by atoms with Crippen LogP contribution in [0.4, 0.5) is 0 Å². The standard InChI is InChI=1S/C18H21NO4/c1-22-16-6-2-3-7-17(16)23-13-18(21)19-12-4-5-14-8-10-15(20)11-9-14/h2-3,6-11,20H,4-5,12-13H2,1H3,(H,19,21). The Balaban J connectivity index is 1.66. The Labute approximate surface area is 135 Å². The first-order valence-electron chi connectivity index (χ1n) is 7.49. The number of carbonyl (C=O) groups is 1. The topological polar surface area (TPSA) is 67.8 Å². The number of rotatable bonds is 8. The Bertz CT molecular complexity index is 625. The van der Waals surface area contributed by atoms with Crippen molar-refractivity contribution in [3.05, 3.63) is 54.1 Å².